The van der Waals surface area contributed by atoms with Gasteiger partial charge in [-0.25, -0.2) is 0 Å². The second-order valence-corrected chi connectivity index (χ2v) is 4.62. The Hall–Kier alpha value is -1.84. The van der Waals surface area contributed by atoms with E-state index in [1.807, 2.05) is 32.0 Å². The first kappa shape index (κ1) is 15.2. The van der Waals surface area contributed by atoms with E-state index in [9.17, 15) is 9.59 Å². The molecular formula is C15H22N2O2. The molecule has 1 aromatic carbocycles. The molecule has 104 valence electrons. The van der Waals surface area contributed by atoms with Crippen LogP contribution >= 0.6 is 0 Å². The van der Waals surface area contributed by atoms with E-state index in [1.54, 1.807) is 0 Å². The minimum Gasteiger partial charge on any atom is -0.355 e. The third-order valence-electron chi connectivity index (χ3n) is 2.74. The number of rotatable bonds is 7. The van der Waals surface area contributed by atoms with Gasteiger partial charge in [0.05, 0.1) is 6.54 Å². The summed E-state index contributed by atoms with van der Waals surface area (Å²) in [6, 6.07) is 8.10. The molecule has 0 radical (unpaired) electrons. The fourth-order valence-electron chi connectivity index (χ4n) is 1.72. The molecule has 2 N–H and O–H groups in total. The number of aryl methyl sites for hydroxylation is 2. The summed E-state index contributed by atoms with van der Waals surface area (Å²) >= 11 is 0. The first-order valence-corrected chi connectivity index (χ1v) is 6.70. The molecule has 1 aromatic rings. The van der Waals surface area contributed by atoms with Crippen LogP contribution in [-0.4, -0.2) is 24.9 Å². The molecule has 0 aliphatic rings. The minimum absolute atomic E-state index is 0.0622. The Morgan fingerprint density at radius 2 is 1.95 bits per heavy atom. The number of hydrogen-bond acceptors (Lipinski definition) is 2. The molecule has 2 amide bonds. The molecule has 0 fully saturated rings. The van der Waals surface area contributed by atoms with Crippen LogP contribution in [0.25, 0.3) is 0 Å². The van der Waals surface area contributed by atoms with Crippen molar-refractivity contribution in [1.29, 1.82) is 0 Å². The number of benzene rings is 1. The van der Waals surface area contributed by atoms with Crippen molar-refractivity contribution in [3.63, 3.8) is 0 Å². The average Bonchev–Trinajstić information content (AvgIpc) is 2.40. The molecule has 4 heteroatoms. The van der Waals surface area contributed by atoms with Crippen LogP contribution < -0.4 is 10.6 Å². The quantitative estimate of drug-likeness (QED) is 0.783. The van der Waals surface area contributed by atoms with Crippen molar-refractivity contribution in [1.82, 2.24) is 10.6 Å². The normalized spacial score (nSPS) is 10.0. The van der Waals surface area contributed by atoms with Crippen molar-refractivity contribution in [3.8, 4) is 0 Å². The molecule has 0 saturated heterocycles. The van der Waals surface area contributed by atoms with E-state index in [2.05, 4.69) is 16.7 Å². The summed E-state index contributed by atoms with van der Waals surface area (Å²) in [6.07, 6.45) is 2.00. The highest BCUT2D eigenvalue weighted by molar-refractivity contribution is 5.84. The summed E-state index contributed by atoms with van der Waals surface area (Å²) in [5, 5.41) is 5.34. The van der Waals surface area contributed by atoms with Gasteiger partial charge in [-0.1, -0.05) is 36.8 Å². The van der Waals surface area contributed by atoms with Crippen LogP contribution in [0.1, 0.15) is 30.9 Å². The van der Waals surface area contributed by atoms with Crippen LogP contribution in [0.5, 0.6) is 0 Å². The van der Waals surface area contributed by atoms with E-state index in [0.29, 0.717) is 19.4 Å². The third-order valence-corrected chi connectivity index (χ3v) is 2.74. The molecule has 0 atom stereocenters. The number of hydrogen-bond donors (Lipinski definition) is 2. The minimum atomic E-state index is -0.134. The Morgan fingerprint density at radius 3 is 2.63 bits per heavy atom. The Morgan fingerprint density at radius 1 is 1.16 bits per heavy atom. The van der Waals surface area contributed by atoms with Crippen LogP contribution in [0.15, 0.2) is 24.3 Å². The van der Waals surface area contributed by atoms with Crippen LogP contribution in [0.4, 0.5) is 0 Å². The molecule has 0 unspecified atom stereocenters. The van der Waals surface area contributed by atoms with Crippen LogP contribution in [-0.2, 0) is 16.0 Å². The Bertz CT molecular complexity index is 430. The van der Waals surface area contributed by atoms with Gasteiger partial charge in [-0.05, 0) is 25.3 Å². The molecule has 0 aromatic heterocycles. The summed E-state index contributed by atoms with van der Waals surface area (Å²) < 4.78 is 0. The van der Waals surface area contributed by atoms with Gasteiger partial charge in [-0.3, -0.25) is 9.59 Å². The largest absolute Gasteiger partial charge is 0.355 e. The highest BCUT2D eigenvalue weighted by atomic mass is 16.2. The molecule has 0 saturated carbocycles. The van der Waals surface area contributed by atoms with Crippen LogP contribution in [0, 0.1) is 6.92 Å². The van der Waals surface area contributed by atoms with Gasteiger partial charge in [-0.15, -0.1) is 0 Å². The lowest BCUT2D eigenvalue weighted by Gasteiger charge is -2.06. The van der Waals surface area contributed by atoms with Gasteiger partial charge in [-0.2, -0.15) is 0 Å². The lowest BCUT2D eigenvalue weighted by atomic mass is 10.1. The zero-order chi connectivity index (χ0) is 14.1. The third kappa shape index (κ3) is 6.60. The SMILES string of the molecule is CCCNC(=O)CNC(=O)CCc1cccc(C)c1. The van der Waals surface area contributed by atoms with Crippen molar-refractivity contribution in [2.45, 2.75) is 33.1 Å². The second kappa shape index (κ2) is 8.29. The van der Waals surface area contributed by atoms with Crippen LogP contribution in [0.2, 0.25) is 0 Å². The molecule has 4 nitrogen and oxygen atoms in total. The predicted octanol–water partition coefficient (Wildman–Crippen LogP) is 1.57. The molecule has 19 heavy (non-hydrogen) atoms. The molecule has 0 spiro atoms. The summed E-state index contributed by atoms with van der Waals surface area (Å²) in [7, 11) is 0. The van der Waals surface area contributed by atoms with E-state index >= 15 is 0 Å². The number of nitrogens with one attached hydrogen (secondary N) is 2. The van der Waals surface area contributed by atoms with E-state index in [4.69, 9.17) is 0 Å². The molecule has 0 heterocycles. The maximum absolute atomic E-state index is 11.6. The van der Waals surface area contributed by atoms with E-state index < -0.39 is 0 Å². The van der Waals surface area contributed by atoms with Gasteiger partial charge in [0.25, 0.3) is 0 Å². The first-order chi connectivity index (χ1) is 9.11. The lowest BCUT2D eigenvalue weighted by molar-refractivity contribution is -0.126. The maximum atomic E-state index is 11.6. The highest BCUT2D eigenvalue weighted by Crippen LogP contribution is 2.06. The van der Waals surface area contributed by atoms with Gasteiger partial charge in [0.1, 0.15) is 0 Å². The number of carbonyl (C=O) groups excluding carboxylic acids is 2. The Kier molecular flexibility index (Phi) is 6.64. The summed E-state index contributed by atoms with van der Waals surface area (Å²) in [5.74, 6) is -0.223. The van der Waals surface area contributed by atoms with E-state index in [-0.39, 0.29) is 18.4 Å². The van der Waals surface area contributed by atoms with Crippen molar-refractivity contribution in [2.24, 2.45) is 0 Å². The fourth-order valence-corrected chi connectivity index (χ4v) is 1.72. The van der Waals surface area contributed by atoms with Crippen LogP contribution in [0.3, 0.4) is 0 Å². The van der Waals surface area contributed by atoms with Crippen molar-refractivity contribution in [3.05, 3.63) is 35.4 Å². The van der Waals surface area contributed by atoms with E-state index in [1.165, 1.54) is 5.56 Å². The molecular weight excluding hydrogens is 240 g/mol. The Labute approximate surface area is 114 Å². The molecule has 0 bridgehead atoms. The predicted molar refractivity (Wildman–Crippen MR) is 75.8 cm³/mol. The topological polar surface area (TPSA) is 58.2 Å². The highest BCUT2D eigenvalue weighted by Gasteiger charge is 2.05. The zero-order valence-corrected chi connectivity index (χ0v) is 11.7. The van der Waals surface area contributed by atoms with Crippen molar-refractivity contribution >= 4 is 11.8 Å². The molecule has 0 aliphatic carbocycles. The maximum Gasteiger partial charge on any atom is 0.239 e. The average molecular weight is 262 g/mol. The fraction of sp³-hybridized carbons (Fsp3) is 0.467. The van der Waals surface area contributed by atoms with Gasteiger partial charge < -0.3 is 10.6 Å². The summed E-state index contributed by atoms with van der Waals surface area (Å²) in [5.41, 5.74) is 2.34. The van der Waals surface area contributed by atoms with Gasteiger partial charge in [0.15, 0.2) is 0 Å². The molecule has 1 rings (SSSR count). The Balaban J connectivity index is 2.23. The zero-order valence-electron chi connectivity index (χ0n) is 11.7. The van der Waals surface area contributed by atoms with Gasteiger partial charge in [0.2, 0.25) is 11.8 Å². The van der Waals surface area contributed by atoms with Gasteiger partial charge >= 0.3 is 0 Å². The number of carbonyl (C=O) groups is 2. The van der Waals surface area contributed by atoms with Crippen molar-refractivity contribution < 1.29 is 9.59 Å². The number of amides is 2. The monoisotopic (exact) mass is 262 g/mol. The summed E-state index contributed by atoms with van der Waals surface area (Å²) in [4.78, 5) is 22.9. The van der Waals surface area contributed by atoms with Gasteiger partial charge in [0, 0.05) is 13.0 Å². The molecule has 0 aliphatic heterocycles. The first-order valence-electron chi connectivity index (χ1n) is 6.70. The lowest BCUT2D eigenvalue weighted by Crippen LogP contribution is -2.37. The van der Waals surface area contributed by atoms with Crippen molar-refractivity contribution in [2.75, 3.05) is 13.1 Å². The standard InChI is InChI=1S/C15H22N2O2/c1-3-9-16-15(19)11-17-14(18)8-7-13-6-4-5-12(2)10-13/h4-6,10H,3,7-9,11H2,1-2H3,(H,16,19)(H,17,18). The summed E-state index contributed by atoms with van der Waals surface area (Å²) in [6.45, 7) is 4.73. The second-order valence-electron chi connectivity index (χ2n) is 4.62. The van der Waals surface area contributed by atoms with E-state index in [0.717, 1.165) is 12.0 Å². The smallest absolute Gasteiger partial charge is 0.239 e.